The van der Waals surface area contributed by atoms with Gasteiger partial charge in [0.15, 0.2) is 11.5 Å². The summed E-state index contributed by atoms with van der Waals surface area (Å²) in [6.45, 7) is 4.21. The molecule has 1 aromatic carbocycles. The van der Waals surface area contributed by atoms with Gasteiger partial charge < -0.3 is 19.5 Å². The highest BCUT2D eigenvalue weighted by Gasteiger charge is 2.34. The second-order valence-electron chi connectivity index (χ2n) is 5.43. The number of carbonyl (C=O) groups is 1. The molecule has 1 aliphatic rings. The Morgan fingerprint density at radius 3 is 2.80 bits per heavy atom. The van der Waals surface area contributed by atoms with Gasteiger partial charge in [0.1, 0.15) is 12.4 Å². The largest absolute Gasteiger partial charge is 0.493 e. The van der Waals surface area contributed by atoms with Crippen molar-refractivity contribution in [2.45, 2.75) is 19.9 Å². The normalized spacial score (nSPS) is 16.1. The average Bonchev–Trinajstić information content (AvgIpc) is 3.08. The van der Waals surface area contributed by atoms with Gasteiger partial charge in [0.25, 0.3) is 0 Å². The first kappa shape index (κ1) is 16.8. The molecule has 8 heteroatoms. The minimum atomic E-state index is -0.476. The van der Waals surface area contributed by atoms with Gasteiger partial charge in [-0.15, -0.1) is 0 Å². The van der Waals surface area contributed by atoms with Gasteiger partial charge in [-0.1, -0.05) is 6.07 Å². The van der Waals surface area contributed by atoms with Gasteiger partial charge in [0, 0.05) is 5.70 Å². The Morgan fingerprint density at radius 1 is 1.32 bits per heavy atom. The van der Waals surface area contributed by atoms with Gasteiger partial charge in [-0.05, 0) is 31.5 Å². The number of rotatable bonds is 5. The zero-order valence-corrected chi connectivity index (χ0v) is 14.6. The monoisotopic (exact) mass is 344 g/mol. The number of fused-ring (bicyclic) bond motifs is 1. The fraction of sp³-hybridized carbons (Fsp3) is 0.353. The molecule has 1 N–H and O–H groups in total. The Labute approximate surface area is 145 Å². The molecule has 132 valence electrons. The lowest BCUT2D eigenvalue weighted by molar-refractivity contribution is -0.136. The van der Waals surface area contributed by atoms with Gasteiger partial charge in [0.2, 0.25) is 5.95 Å². The van der Waals surface area contributed by atoms with Crippen molar-refractivity contribution in [2.24, 2.45) is 0 Å². The van der Waals surface area contributed by atoms with E-state index in [9.17, 15) is 4.79 Å². The van der Waals surface area contributed by atoms with Crippen molar-refractivity contribution in [3.63, 3.8) is 0 Å². The van der Waals surface area contributed by atoms with Crippen molar-refractivity contribution in [1.29, 1.82) is 0 Å². The molecule has 0 radical (unpaired) electrons. The summed E-state index contributed by atoms with van der Waals surface area (Å²) in [5.74, 6) is 1.36. The van der Waals surface area contributed by atoms with Gasteiger partial charge >= 0.3 is 5.97 Å². The Hall–Kier alpha value is -3.03. The summed E-state index contributed by atoms with van der Waals surface area (Å²) < 4.78 is 17.6. The van der Waals surface area contributed by atoms with E-state index in [1.165, 1.54) is 13.4 Å². The van der Waals surface area contributed by atoms with Crippen LogP contribution in [0, 0.1) is 0 Å². The number of allylic oxidation sites excluding steroid dienone is 1. The van der Waals surface area contributed by atoms with E-state index in [1.807, 2.05) is 32.0 Å². The predicted molar refractivity (Wildman–Crippen MR) is 90.7 cm³/mol. The number of methoxy groups -OCH3 is 2. The Kier molecular flexibility index (Phi) is 4.60. The predicted octanol–water partition coefficient (Wildman–Crippen LogP) is 2.15. The number of nitrogens with one attached hydrogen (secondary N) is 1. The third kappa shape index (κ3) is 2.90. The van der Waals surface area contributed by atoms with E-state index >= 15 is 0 Å². The van der Waals surface area contributed by atoms with Crippen LogP contribution in [0.15, 0.2) is 35.8 Å². The highest BCUT2D eigenvalue weighted by atomic mass is 16.5. The Morgan fingerprint density at radius 2 is 2.12 bits per heavy atom. The molecule has 0 amide bonds. The molecular weight excluding hydrogens is 324 g/mol. The zero-order chi connectivity index (χ0) is 18.0. The zero-order valence-electron chi connectivity index (χ0n) is 14.6. The van der Waals surface area contributed by atoms with E-state index in [0.29, 0.717) is 35.3 Å². The van der Waals surface area contributed by atoms with Crippen LogP contribution in [0.3, 0.4) is 0 Å². The van der Waals surface area contributed by atoms with Crippen LogP contribution in [0.25, 0.3) is 0 Å². The van der Waals surface area contributed by atoms with Gasteiger partial charge in [-0.3, -0.25) is 0 Å². The summed E-state index contributed by atoms with van der Waals surface area (Å²) >= 11 is 0. The molecule has 1 atom stereocenters. The maximum atomic E-state index is 12.4. The van der Waals surface area contributed by atoms with E-state index in [-0.39, 0.29) is 0 Å². The lowest BCUT2D eigenvalue weighted by Gasteiger charge is -2.28. The van der Waals surface area contributed by atoms with E-state index < -0.39 is 12.0 Å². The minimum absolute atomic E-state index is 0.426. The number of aromatic nitrogens is 3. The molecule has 0 unspecified atom stereocenters. The minimum Gasteiger partial charge on any atom is -0.493 e. The topological polar surface area (TPSA) is 87.5 Å². The van der Waals surface area contributed by atoms with E-state index in [0.717, 1.165) is 5.56 Å². The standard InChI is InChI=1S/C17H20N4O4/c1-5-25-13-8-11(6-7-12(13)23-3)15-14(16(22)24-4)10(2)20-17-18-9-19-21(15)17/h6-9,15H,5H2,1-4H3,(H,18,19,20)/t15-/m1/s1. The van der Waals surface area contributed by atoms with E-state index in [4.69, 9.17) is 14.2 Å². The molecule has 0 spiro atoms. The first-order valence-corrected chi connectivity index (χ1v) is 7.87. The third-order valence-corrected chi connectivity index (χ3v) is 4.00. The van der Waals surface area contributed by atoms with Crippen molar-refractivity contribution in [3.05, 3.63) is 41.4 Å². The highest BCUT2D eigenvalue weighted by Crippen LogP contribution is 2.38. The molecule has 8 nitrogen and oxygen atoms in total. The number of nitrogens with zero attached hydrogens (tertiary/aromatic N) is 3. The second kappa shape index (κ2) is 6.84. The maximum Gasteiger partial charge on any atom is 0.338 e. The van der Waals surface area contributed by atoms with Crippen molar-refractivity contribution in [1.82, 2.24) is 14.8 Å². The van der Waals surface area contributed by atoms with Crippen LogP contribution in [0.4, 0.5) is 5.95 Å². The molecule has 25 heavy (non-hydrogen) atoms. The summed E-state index contributed by atoms with van der Waals surface area (Å²) in [6.07, 6.45) is 1.44. The SMILES string of the molecule is CCOc1cc([C@@H]2C(C(=O)OC)=C(C)Nc3ncnn32)ccc1OC. The number of carbonyl (C=O) groups excluding carboxylic acids is 1. The van der Waals surface area contributed by atoms with E-state index in [1.54, 1.807) is 11.8 Å². The number of ether oxygens (including phenoxy) is 3. The summed E-state index contributed by atoms with van der Waals surface area (Å²) in [5, 5.41) is 7.34. The molecule has 0 saturated heterocycles. The van der Waals surface area contributed by atoms with Crippen molar-refractivity contribution in [3.8, 4) is 11.5 Å². The molecular formula is C17H20N4O4. The smallest absolute Gasteiger partial charge is 0.338 e. The molecule has 1 aromatic heterocycles. The molecule has 0 fully saturated rings. The van der Waals surface area contributed by atoms with Crippen LogP contribution in [0.2, 0.25) is 0 Å². The van der Waals surface area contributed by atoms with Crippen molar-refractivity contribution < 1.29 is 19.0 Å². The summed E-state index contributed by atoms with van der Waals surface area (Å²) in [4.78, 5) is 16.6. The second-order valence-corrected chi connectivity index (χ2v) is 5.43. The Balaban J connectivity index is 2.16. The highest BCUT2D eigenvalue weighted by molar-refractivity contribution is 5.92. The van der Waals surface area contributed by atoms with Gasteiger partial charge in [-0.25, -0.2) is 9.48 Å². The third-order valence-electron chi connectivity index (χ3n) is 4.00. The van der Waals surface area contributed by atoms with Crippen LogP contribution in [-0.4, -0.2) is 41.6 Å². The molecule has 0 saturated carbocycles. The van der Waals surface area contributed by atoms with Crippen LogP contribution < -0.4 is 14.8 Å². The fourth-order valence-electron chi connectivity index (χ4n) is 2.91. The van der Waals surface area contributed by atoms with Crippen LogP contribution in [-0.2, 0) is 9.53 Å². The fourth-order valence-corrected chi connectivity index (χ4v) is 2.91. The molecule has 2 heterocycles. The average molecular weight is 344 g/mol. The van der Waals surface area contributed by atoms with Crippen LogP contribution in [0.1, 0.15) is 25.5 Å². The van der Waals surface area contributed by atoms with Crippen molar-refractivity contribution in [2.75, 3.05) is 26.1 Å². The lowest BCUT2D eigenvalue weighted by atomic mass is 9.95. The van der Waals surface area contributed by atoms with Gasteiger partial charge in [-0.2, -0.15) is 10.1 Å². The summed E-state index contributed by atoms with van der Waals surface area (Å²) in [5.41, 5.74) is 1.96. The molecule has 2 aromatic rings. The van der Waals surface area contributed by atoms with Crippen molar-refractivity contribution >= 4 is 11.9 Å². The molecule has 0 aliphatic carbocycles. The summed E-state index contributed by atoms with van der Waals surface area (Å²) in [6, 6.07) is 5.05. The molecule has 0 bridgehead atoms. The van der Waals surface area contributed by atoms with Gasteiger partial charge in [0.05, 0.1) is 26.4 Å². The number of hydrogen-bond donors (Lipinski definition) is 1. The van der Waals surface area contributed by atoms with Crippen LogP contribution >= 0.6 is 0 Å². The quantitative estimate of drug-likeness (QED) is 0.832. The summed E-state index contributed by atoms with van der Waals surface area (Å²) in [7, 11) is 2.94. The number of anilines is 1. The molecule has 3 rings (SSSR count). The Bertz CT molecular complexity index is 828. The number of esters is 1. The lowest BCUT2D eigenvalue weighted by Crippen LogP contribution is -2.29. The van der Waals surface area contributed by atoms with Crippen LogP contribution in [0.5, 0.6) is 11.5 Å². The number of hydrogen-bond acceptors (Lipinski definition) is 7. The maximum absolute atomic E-state index is 12.4. The molecule has 1 aliphatic heterocycles. The number of benzene rings is 1. The first-order valence-electron chi connectivity index (χ1n) is 7.87. The van der Waals surface area contributed by atoms with E-state index in [2.05, 4.69) is 15.4 Å². The first-order chi connectivity index (χ1) is 12.1.